The zero-order chi connectivity index (χ0) is 20.3. The summed E-state index contributed by atoms with van der Waals surface area (Å²) in [5.74, 6) is 0. The fourth-order valence-electron chi connectivity index (χ4n) is 3.27. The molecule has 3 heterocycles. The number of nitrogens with zero attached hydrogens (tertiary/aromatic N) is 4. The van der Waals surface area contributed by atoms with Crippen molar-refractivity contribution >= 4 is 0 Å². The molecule has 3 fully saturated rings. The average Bonchev–Trinajstić information content (AvgIpc) is 3.04. The largest absolute Gasteiger partial charge is 0.365 e. The van der Waals surface area contributed by atoms with Gasteiger partial charge in [0, 0.05) is 32.7 Å². The number of piperidine rings is 1. The van der Waals surface area contributed by atoms with Crippen LogP contribution in [-0.2, 0) is 32.7 Å². The van der Waals surface area contributed by atoms with Crippen molar-refractivity contribution in [1.29, 1.82) is 0 Å². The molecule has 0 bridgehead atoms. The Labute approximate surface area is 203 Å². The van der Waals surface area contributed by atoms with Gasteiger partial charge in [0.15, 0.2) is 0 Å². The Bertz CT molecular complexity index is 280. The molecule has 0 aromatic heterocycles. The molecule has 4 nitrogen and oxygen atoms in total. The molecule has 0 N–H and O–H groups in total. The second kappa shape index (κ2) is 22.6. The molecule has 0 unspecified atom stereocenters. The van der Waals surface area contributed by atoms with Crippen LogP contribution >= 0.6 is 0 Å². The van der Waals surface area contributed by atoms with Gasteiger partial charge in [0.25, 0.3) is 0 Å². The number of rotatable bonds is 2. The summed E-state index contributed by atoms with van der Waals surface area (Å²) >= 11 is 0. The van der Waals surface area contributed by atoms with Crippen LogP contribution in [0.2, 0.25) is 0 Å². The van der Waals surface area contributed by atoms with Crippen LogP contribution in [0.3, 0.4) is 0 Å². The van der Waals surface area contributed by atoms with Crippen molar-refractivity contribution in [2.45, 2.75) is 57.8 Å². The van der Waals surface area contributed by atoms with E-state index in [9.17, 15) is 0 Å². The number of hydrogen-bond acceptors (Lipinski definition) is 4. The first kappa shape index (κ1) is 31.1. The first-order valence-electron chi connectivity index (χ1n) is 11.3. The summed E-state index contributed by atoms with van der Waals surface area (Å²) in [6.45, 7) is 16.9. The number of hydrogen-bond donors (Lipinski definition) is 0. The summed E-state index contributed by atoms with van der Waals surface area (Å²) < 4.78 is 0. The molecule has 5 heteroatoms. The van der Waals surface area contributed by atoms with E-state index < -0.39 is 0 Å². The van der Waals surface area contributed by atoms with Crippen molar-refractivity contribution in [3.05, 3.63) is 13.8 Å². The first-order valence-corrected chi connectivity index (χ1v) is 11.3. The van der Waals surface area contributed by atoms with Gasteiger partial charge in [-0.25, -0.2) is 0 Å². The Hall–Kier alpha value is 0.944. The summed E-state index contributed by atoms with van der Waals surface area (Å²) in [6, 6.07) is 0. The molecule has 0 atom stereocenters. The second-order valence-corrected chi connectivity index (χ2v) is 8.40. The number of likely N-dealkylation sites (tertiary alicyclic amines) is 3. The van der Waals surface area contributed by atoms with Crippen molar-refractivity contribution < 1.29 is 32.7 Å². The maximum Gasteiger partial charge on any atom is 0 e. The third-order valence-corrected chi connectivity index (χ3v) is 5.50. The minimum atomic E-state index is 0. The molecule has 0 spiro atoms. The van der Waals surface area contributed by atoms with Crippen molar-refractivity contribution in [2.75, 3.05) is 80.5 Å². The molecule has 3 rings (SSSR count). The van der Waals surface area contributed by atoms with Crippen LogP contribution in [0.1, 0.15) is 57.8 Å². The molecular weight excluding hydrogens is 421 g/mol. The summed E-state index contributed by atoms with van der Waals surface area (Å²) in [7, 11) is 8.57. The van der Waals surface area contributed by atoms with E-state index in [-0.39, 0.29) is 32.7 Å². The van der Waals surface area contributed by atoms with Crippen LogP contribution in [0, 0.1) is 13.8 Å². The fraction of sp³-hybridized carbons (Fsp3) is 0.913. The predicted octanol–water partition coefficient (Wildman–Crippen LogP) is 3.89. The Morgan fingerprint density at radius 3 is 0.929 bits per heavy atom. The van der Waals surface area contributed by atoms with Gasteiger partial charge < -0.3 is 33.4 Å². The Kier molecular flexibility index (Phi) is 25.2. The summed E-state index contributed by atoms with van der Waals surface area (Å²) in [5, 5.41) is 0. The third kappa shape index (κ3) is 21.6. The van der Waals surface area contributed by atoms with Gasteiger partial charge in [-0.2, -0.15) is 0 Å². The van der Waals surface area contributed by atoms with Crippen molar-refractivity contribution in [1.82, 2.24) is 19.6 Å². The topological polar surface area (TPSA) is 13.0 Å². The zero-order valence-electron chi connectivity index (χ0n) is 19.8. The van der Waals surface area contributed by atoms with Crippen molar-refractivity contribution in [2.24, 2.45) is 0 Å². The molecule has 0 amide bonds. The van der Waals surface area contributed by atoms with Crippen molar-refractivity contribution in [3.63, 3.8) is 0 Å². The van der Waals surface area contributed by atoms with E-state index >= 15 is 0 Å². The van der Waals surface area contributed by atoms with Crippen LogP contribution < -0.4 is 0 Å². The zero-order valence-corrected chi connectivity index (χ0v) is 22.6. The van der Waals surface area contributed by atoms with E-state index in [0.717, 1.165) is 13.1 Å². The Morgan fingerprint density at radius 1 is 0.536 bits per heavy atom. The summed E-state index contributed by atoms with van der Waals surface area (Å²) in [6.07, 6.45) is 12.8. The van der Waals surface area contributed by atoms with E-state index in [1.807, 2.05) is 11.9 Å². The van der Waals surface area contributed by atoms with Crippen LogP contribution in [0.15, 0.2) is 0 Å². The molecule has 3 saturated heterocycles. The molecule has 0 aromatic carbocycles. The molecule has 0 saturated carbocycles. The van der Waals surface area contributed by atoms with Gasteiger partial charge in [-0.1, -0.05) is 19.3 Å². The van der Waals surface area contributed by atoms with Crippen LogP contribution in [0.4, 0.5) is 0 Å². The molecule has 3 aliphatic heterocycles. The minimum Gasteiger partial charge on any atom is -0.365 e. The second-order valence-electron chi connectivity index (χ2n) is 8.40. The normalized spacial score (nSPS) is 21.1. The summed E-state index contributed by atoms with van der Waals surface area (Å²) in [5.41, 5.74) is 0. The monoisotopic (exact) mass is 471 g/mol. The molecule has 0 aromatic rings. The minimum absolute atomic E-state index is 0. The maximum atomic E-state index is 3.64. The van der Waals surface area contributed by atoms with Crippen LogP contribution in [0.25, 0.3) is 0 Å². The Balaban J connectivity index is 0. The smallest absolute Gasteiger partial charge is 0 e. The SMILES string of the molecule is CN1CCCC1.CN1CCCCC1.CN1CCCCCC1.[CH2-]CN(C)C[CH2-].[Y]. The van der Waals surface area contributed by atoms with Gasteiger partial charge in [-0.15, -0.1) is 13.1 Å². The third-order valence-electron chi connectivity index (χ3n) is 5.50. The predicted molar refractivity (Wildman–Crippen MR) is 122 cm³/mol. The molecular formula is C23H50N4Y-2. The van der Waals surface area contributed by atoms with Crippen LogP contribution in [0.5, 0.6) is 0 Å². The molecule has 0 aliphatic carbocycles. The van der Waals surface area contributed by atoms with E-state index in [2.05, 4.69) is 49.7 Å². The quantitative estimate of drug-likeness (QED) is 0.567. The maximum absolute atomic E-state index is 3.64. The van der Waals surface area contributed by atoms with Gasteiger partial charge >= 0.3 is 0 Å². The van der Waals surface area contributed by atoms with E-state index in [1.54, 1.807) is 0 Å². The first-order chi connectivity index (χ1) is 13.0. The summed E-state index contributed by atoms with van der Waals surface area (Å²) in [4.78, 5) is 9.20. The molecule has 3 aliphatic rings. The van der Waals surface area contributed by atoms with Gasteiger partial charge in [0.2, 0.25) is 0 Å². The fourth-order valence-corrected chi connectivity index (χ4v) is 3.27. The van der Waals surface area contributed by atoms with Gasteiger partial charge in [-0.05, 0) is 106 Å². The molecule has 28 heavy (non-hydrogen) atoms. The van der Waals surface area contributed by atoms with Gasteiger partial charge in [0.1, 0.15) is 0 Å². The average molecular weight is 472 g/mol. The van der Waals surface area contributed by atoms with E-state index in [0.29, 0.717) is 0 Å². The van der Waals surface area contributed by atoms with E-state index in [1.165, 1.54) is 97.1 Å². The Morgan fingerprint density at radius 2 is 0.750 bits per heavy atom. The molecule has 1 radical (unpaired) electrons. The van der Waals surface area contributed by atoms with Crippen molar-refractivity contribution in [3.8, 4) is 0 Å². The van der Waals surface area contributed by atoms with Gasteiger partial charge in [-0.3, -0.25) is 0 Å². The van der Waals surface area contributed by atoms with Crippen LogP contribution in [-0.4, -0.2) is 100 Å². The standard InChI is InChI=1S/C7H15N.C6H13N.2C5H11N.Y/c1-8-6-4-2-3-5-7-8;1-7-5-3-2-4-6-7;1-6-4-2-3-5-6;1-4-6(3)5-2;/h2-7H2,1H3;2-6H2,1H3;2-5H2,1H3;1-2,4-5H2,3H3;/q;;;-2;. The van der Waals surface area contributed by atoms with Gasteiger partial charge in [0.05, 0.1) is 0 Å². The molecule has 167 valence electrons. The van der Waals surface area contributed by atoms with E-state index in [4.69, 9.17) is 0 Å².